The fourth-order valence-corrected chi connectivity index (χ4v) is 4.44. The third-order valence-electron chi connectivity index (χ3n) is 4.67. The van der Waals surface area contributed by atoms with Crippen LogP contribution in [0.4, 0.5) is 5.69 Å². The third-order valence-corrected chi connectivity index (χ3v) is 6.04. The molecule has 35 heavy (non-hydrogen) atoms. The van der Waals surface area contributed by atoms with E-state index in [-0.39, 0.29) is 27.8 Å². The molecule has 0 spiro atoms. The van der Waals surface area contributed by atoms with Gasteiger partial charge in [-0.05, 0) is 67.1 Å². The average molecular weight is 500 g/mol. The lowest BCUT2D eigenvalue weighted by atomic mass is 10.2. The minimum atomic E-state index is -4.21. The summed E-state index contributed by atoms with van der Waals surface area (Å²) in [6.07, 6.45) is 2.15. The standard InChI is InChI=1S/C25H25NO8S/c1-4-33-18-10-12-19(13-11-18)34-21-8-6-5-7-20(21)26-35(29,30)23-16-17(9-14-24(27)28)15-22(31-2)25(23)32-3/h5-16,26H,4H2,1-3H3,(H,27,28)/b14-9+. The summed E-state index contributed by atoms with van der Waals surface area (Å²) in [5.41, 5.74) is 0.484. The zero-order valence-corrected chi connectivity index (χ0v) is 20.2. The number of carbonyl (C=O) groups is 1. The van der Waals surface area contributed by atoms with Gasteiger partial charge < -0.3 is 24.1 Å². The Kier molecular flexibility index (Phi) is 8.21. The molecule has 2 N–H and O–H groups in total. The lowest BCUT2D eigenvalue weighted by Gasteiger charge is -2.17. The van der Waals surface area contributed by atoms with Crippen LogP contribution in [0.25, 0.3) is 6.08 Å². The van der Waals surface area contributed by atoms with Gasteiger partial charge in [0.15, 0.2) is 17.2 Å². The van der Waals surface area contributed by atoms with Crippen molar-refractivity contribution in [3.63, 3.8) is 0 Å². The molecule has 3 rings (SSSR count). The van der Waals surface area contributed by atoms with Crippen LogP contribution >= 0.6 is 0 Å². The summed E-state index contributed by atoms with van der Waals surface area (Å²) in [5, 5.41) is 8.93. The van der Waals surface area contributed by atoms with Crippen LogP contribution in [-0.2, 0) is 14.8 Å². The zero-order chi connectivity index (χ0) is 25.4. The van der Waals surface area contributed by atoms with E-state index in [4.69, 9.17) is 24.1 Å². The molecule has 0 saturated heterocycles. The van der Waals surface area contributed by atoms with E-state index in [2.05, 4.69) is 4.72 Å². The first-order valence-electron chi connectivity index (χ1n) is 10.5. The molecule has 9 nitrogen and oxygen atoms in total. The summed E-state index contributed by atoms with van der Waals surface area (Å²) in [6, 6.07) is 16.2. The molecule has 184 valence electrons. The molecule has 0 unspecified atom stereocenters. The molecule has 0 aliphatic rings. The number of hydrogen-bond acceptors (Lipinski definition) is 7. The Morgan fingerprint density at radius 3 is 2.29 bits per heavy atom. The second-order valence-corrected chi connectivity index (χ2v) is 8.69. The van der Waals surface area contributed by atoms with Crippen LogP contribution in [0.5, 0.6) is 28.7 Å². The minimum Gasteiger partial charge on any atom is -0.494 e. The molecule has 0 aliphatic heterocycles. The second-order valence-electron chi connectivity index (χ2n) is 7.03. The van der Waals surface area contributed by atoms with E-state index in [1.165, 1.54) is 32.4 Å². The molecule has 0 atom stereocenters. The summed E-state index contributed by atoms with van der Waals surface area (Å²) < 4.78 is 51.2. The van der Waals surface area contributed by atoms with Crippen LogP contribution in [0, 0.1) is 0 Å². The maximum absolute atomic E-state index is 13.4. The Morgan fingerprint density at radius 2 is 1.66 bits per heavy atom. The number of carboxylic acids is 1. The zero-order valence-electron chi connectivity index (χ0n) is 19.3. The van der Waals surface area contributed by atoms with Crippen molar-refractivity contribution in [3.05, 3.63) is 72.3 Å². The van der Waals surface area contributed by atoms with Gasteiger partial charge in [0.05, 0.1) is 26.5 Å². The van der Waals surface area contributed by atoms with Crippen LogP contribution < -0.4 is 23.7 Å². The molecule has 3 aromatic carbocycles. The van der Waals surface area contributed by atoms with Gasteiger partial charge in [-0.25, -0.2) is 13.2 Å². The largest absolute Gasteiger partial charge is 0.494 e. The van der Waals surface area contributed by atoms with Crippen LogP contribution in [0.3, 0.4) is 0 Å². The highest BCUT2D eigenvalue weighted by Crippen LogP contribution is 2.38. The SMILES string of the molecule is CCOc1ccc(Oc2ccccc2NS(=O)(=O)c2cc(/C=C/C(=O)O)cc(OC)c2OC)cc1. The van der Waals surface area contributed by atoms with Crippen LogP contribution in [-0.4, -0.2) is 40.3 Å². The molecule has 0 bridgehead atoms. The first kappa shape index (κ1) is 25.4. The molecule has 0 radical (unpaired) electrons. The van der Waals surface area contributed by atoms with Crippen molar-refractivity contribution in [2.45, 2.75) is 11.8 Å². The summed E-state index contributed by atoms with van der Waals surface area (Å²) >= 11 is 0. The van der Waals surface area contributed by atoms with Gasteiger partial charge in [0, 0.05) is 6.08 Å². The lowest BCUT2D eigenvalue weighted by Crippen LogP contribution is -2.15. The highest BCUT2D eigenvalue weighted by Gasteiger charge is 2.25. The highest BCUT2D eigenvalue weighted by atomic mass is 32.2. The number of sulfonamides is 1. The summed E-state index contributed by atoms with van der Waals surface area (Å²) in [4.78, 5) is 10.7. The highest BCUT2D eigenvalue weighted by molar-refractivity contribution is 7.92. The fourth-order valence-electron chi connectivity index (χ4n) is 3.15. The molecule has 3 aromatic rings. The minimum absolute atomic E-state index is 0.0302. The number of benzene rings is 3. The smallest absolute Gasteiger partial charge is 0.328 e. The van der Waals surface area contributed by atoms with E-state index in [1.807, 2.05) is 6.92 Å². The first-order valence-corrected chi connectivity index (χ1v) is 11.9. The average Bonchev–Trinajstić information content (AvgIpc) is 2.84. The predicted molar refractivity (Wildman–Crippen MR) is 131 cm³/mol. The lowest BCUT2D eigenvalue weighted by molar-refractivity contribution is -0.131. The number of nitrogens with one attached hydrogen (secondary N) is 1. The Balaban J connectivity index is 1.97. The molecule has 0 saturated carbocycles. The van der Waals surface area contributed by atoms with Gasteiger partial charge in [-0.1, -0.05) is 12.1 Å². The monoisotopic (exact) mass is 499 g/mol. The Labute approximate surface area is 203 Å². The fraction of sp³-hybridized carbons (Fsp3) is 0.160. The van der Waals surface area contributed by atoms with E-state index in [0.29, 0.717) is 23.7 Å². The van der Waals surface area contributed by atoms with Crippen LogP contribution in [0.1, 0.15) is 12.5 Å². The summed E-state index contributed by atoms with van der Waals surface area (Å²) in [6.45, 7) is 2.42. The molecule has 0 aromatic heterocycles. The van der Waals surface area contributed by atoms with Crippen LogP contribution in [0.2, 0.25) is 0 Å². The predicted octanol–water partition coefficient (Wildman–Crippen LogP) is 4.79. The molecular weight excluding hydrogens is 474 g/mol. The van der Waals surface area contributed by atoms with Crippen molar-refractivity contribution >= 4 is 27.8 Å². The van der Waals surface area contributed by atoms with Crippen molar-refractivity contribution in [1.82, 2.24) is 0 Å². The van der Waals surface area contributed by atoms with Gasteiger partial charge in [-0.3, -0.25) is 4.72 Å². The number of carboxylic acid groups (broad SMARTS) is 1. The van der Waals surface area contributed by atoms with Crippen molar-refractivity contribution in [1.29, 1.82) is 0 Å². The Hall–Kier alpha value is -4.18. The quantitative estimate of drug-likeness (QED) is 0.361. The summed E-state index contributed by atoms with van der Waals surface area (Å²) in [7, 11) is -1.55. The molecule has 0 heterocycles. The normalized spacial score (nSPS) is 11.2. The van der Waals surface area contributed by atoms with E-state index >= 15 is 0 Å². The third kappa shape index (κ3) is 6.45. The van der Waals surface area contributed by atoms with Gasteiger partial charge in [0.25, 0.3) is 10.0 Å². The Morgan fingerprint density at radius 1 is 0.971 bits per heavy atom. The van der Waals surface area contributed by atoms with E-state index in [1.54, 1.807) is 48.5 Å². The number of anilines is 1. The number of methoxy groups -OCH3 is 2. The molecule has 10 heteroatoms. The summed E-state index contributed by atoms with van der Waals surface area (Å²) in [5.74, 6) is 0.361. The molecule has 0 aliphatic carbocycles. The number of ether oxygens (including phenoxy) is 4. The Bertz CT molecular complexity index is 1320. The van der Waals surface area contributed by atoms with E-state index < -0.39 is 16.0 Å². The first-order chi connectivity index (χ1) is 16.8. The molecule has 0 amide bonds. The van der Waals surface area contributed by atoms with Crippen molar-refractivity contribution in [2.24, 2.45) is 0 Å². The molecule has 0 fully saturated rings. The number of aliphatic carboxylic acids is 1. The van der Waals surface area contributed by atoms with Gasteiger partial charge in [0.2, 0.25) is 0 Å². The van der Waals surface area contributed by atoms with E-state index in [0.717, 1.165) is 6.08 Å². The maximum Gasteiger partial charge on any atom is 0.328 e. The number of rotatable bonds is 11. The number of para-hydroxylation sites is 2. The van der Waals surface area contributed by atoms with Gasteiger partial charge in [-0.15, -0.1) is 0 Å². The second kappa shape index (κ2) is 11.3. The maximum atomic E-state index is 13.4. The van der Waals surface area contributed by atoms with Gasteiger partial charge in [0.1, 0.15) is 16.4 Å². The van der Waals surface area contributed by atoms with E-state index in [9.17, 15) is 13.2 Å². The van der Waals surface area contributed by atoms with Crippen molar-refractivity contribution in [3.8, 4) is 28.7 Å². The number of hydrogen-bond donors (Lipinski definition) is 2. The van der Waals surface area contributed by atoms with Gasteiger partial charge >= 0.3 is 5.97 Å². The van der Waals surface area contributed by atoms with Crippen molar-refractivity contribution in [2.75, 3.05) is 25.5 Å². The van der Waals surface area contributed by atoms with Crippen molar-refractivity contribution < 1.29 is 37.3 Å². The topological polar surface area (TPSA) is 120 Å². The van der Waals surface area contributed by atoms with Gasteiger partial charge in [-0.2, -0.15) is 0 Å². The molecular formula is C25H25NO8S. The van der Waals surface area contributed by atoms with Crippen LogP contribution in [0.15, 0.2) is 71.6 Å².